The van der Waals surface area contributed by atoms with Crippen molar-refractivity contribution in [3.8, 4) is 5.75 Å². The van der Waals surface area contributed by atoms with Crippen LogP contribution >= 0.6 is 0 Å². The Morgan fingerprint density at radius 2 is 2.18 bits per heavy atom. The van der Waals surface area contributed by atoms with Crippen LogP contribution in [0.4, 0.5) is 0 Å². The van der Waals surface area contributed by atoms with Crippen molar-refractivity contribution >= 4 is 0 Å². The molecular weight excluding hydrogens is 216 g/mol. The number of nitrogens with one attached hydrogen (secondary N) is 1. The predicted octanol–water partition coefficient (Wildman–Crippen LogP) is 2.62. The Kier molecular flexibility index (Phi) is 3.77. The first kappa shape index (κ1) is 11.7. The van der Waals surface area contributed by atoms with Gasteiger partial charge in [-0.05, 0) is 12.5 Å². The maximum atomic E-state index is 9.79. The van der Waals surface area contributed by atoms with Crippen LogP contribution < -0.4 is 5.32 Å². The number of aromatic hydroxyl groups is 1. The summed E-state index contributed by atoms with van der Waals surface area (Å²) in [6.45, 7) is 2.68. The number of nitrogens with zero attached hydrogens (tertiary/aromatic N) is 1. The average Bonchev–Trinajstić information content (AvgIpc) is 2.85. The number of phenols is 1. The van der Waals surface area contributed by atoms with E-state index in [0.29, 0.717) is 12.3 Å². The fourth-order valence-electron chi connectivity index (χ4n) is 1.81. The van der Waals surface area contributed by atoms with Crippen LogP contribution in [0.25, 0.3) is 0 Å². The second-order valence-electron chi connectivity index (χ2n) is 3.88. The molecule has 0 spiro atoms. The smallest absolute Gasteiger partial charge is 0.150 e. The molecule has 1 aromatic carbocycles. The molecule has 0 aliphatic carbocycles. The van der Waals surface area contributed by atoms with Crippen LogP contribution in [0, 0.1) is 0 Å². The molecule has 1 heterocycles. The highest BCUT2D eigenvalue weighted by molar-refractivity contribution is 5.34. The van der Waals surface area contributed by atoms with Crippen LogP contribution in [-0.4, -0.2) is 10.3 Å². The highest BCUT2D eigenvalue weighted by Crippen LogP contribution is 2.25. The quantitative estimate of drug-likeness (QED) is 0.832. The summed E-state index contributed by atoms with van der Waals surface area (Å²) in [6, 6.07) is 9.31. The maximum absolute atomic E-state index is 9.79. The first-order valence-corrected chi connectivity index (χ1v) is 5.72. The lowest BCUT2D eigenvalue weighted by Gasteiger charge is -2.17. The fraction of sp³-hybridized carbons (Fsp3) is 0.308. The largest absolute Gasteiger partial charge is 0.508 e. The molecule has 2 N–H and O–H groups in total. The predicted molar refractivity (Wildman–Crippen MR) is 64.5 cm³/mol. The lowest BCUT2D eigenvalue weighted by atomic mass is 10.0. The van der Waals surface area contributed by atoms with Gasteiger partial charge in [-0.15, -0.1) is 0 Å². The molecule has 0 bridgehead atoms. The molecule has 0 aliphatic rings. The lowest BCUT2D eigenvalue weighted by Crippen LogP contribution is -2.20. The van der Waals surface area contributed by atoms with Gasteiger partial charge in [0.25, 0.3) is 0 Å². The van der Waals surface area contributed by atoms with Crippen molar-refractivity contribution in [3.05, 3.63) is 47.9 Å². The van der Waals surface area contributed by atoms with Crippen LogP contribution in [0.1, 0.15) is 30.7 Å². The maximum Gasteiger partial charge on any atom is 0.150 e. The topological polar surface area (TPSA) is 58.3 Å². The van der Waals surface area contributed by atoms with E-state index in [1.54, 1.807) is 12.3 Å². The van der Waals surface area contributed by atoms with Crippen LogP contribution in [0.2, 0.25) is 0 Å². The highest BCUT2D eigenvalue weighted by Gasteiger charge is 2.12. The number of benzene rings is 1. The van der Waals surface area contributed by atoms with Gasteiger partial charge in [0.05, 0.1) is 12.7 Å². The third-order valence-corrected chi connectivity index (χ3v) is 2.73. The highest BCUT2D eigenvalue weighted by atomic mass is 16.5. The Morgan fingerprint density at radius 1 is 1.35 bits per heavy atom. The summed E-state index contributed by atoms with van der Waals surface area (Å²) < 4.78 is 5.02. The van der Waals surface area contributed by atoms with E-state index in [0.717, 1.165) is 17.7 Å². The first-order chi connectivity index (χ1) is 8.31. The molecule has 1 aromatic heterocycles. The Labute approximate surface area is 100 Å². The van der Waals surface area contributed by atoms with E-state index in [-0.39, 0.29) is 6.04 Å². The molecule has 2 rings (SSSR count). The molecule has 0 saturated heterocycles. The number of aromatic nitrogens is 1. The number of rotatable bonds is 5. The minimum atomic E-state index is 0.112. The van der Waals surface area contributed by atoms with E-state index in [1.807, 2.05) is 24.3 Å². The van der Waals surface area contributed by atoms with Crippen LogP contribution in [0.3, 0.4) is 0 Å². The van der Waals surface area contributed by atoms with Gasteiger partial charge in [0.2, 0.25) is 0 Å². The molecule has 0 fully saturated rings. The van der Waals surface area contributed by atoms with Crippen molar-refractivity contribution in [2.45, 2.75) is 25.9 Å². The molecule has 1 unspecified atom stereocenters. The first-order valence-electron chi connectivity index (χ1n) is 5.72. The summed E-state index contributed by atoms with van der Waals surface area (Å²) in [5, 5.41) is 16.8. The summed E-state index contributed by atoms with van der Waals surface area (Å²) in [4.78, 5) is 0. The third kappa shape index (κ3) is 2.85. The zero-order valence-corrected chi connectivity index (χ0v) is 9.76. The molecule has 2 aromatic rings. The van der Waals surface area contributed by atoms with Crippen molar-refractivity contribution in [1.29, 1.82) is 0 Å². The number of phenolic OH excluding ortho intramolecular Hbond substituents is 1. The van der Waals surface area contributed by atoms with Crippen molar-refractivity contribution in [2.75, 3.05) is 0 Å². The van der Waals surface area contributed by atoms with E-state index in [4.69, 9.17) is 4.52 Å². The second-order valence-corrected chi connectivity index (χ2v) is 3.88. The van der Waals surface area contributed by atoms with Crippen LogP contribution in [0.5, 0.6) is 5.75 Å². The summed E-state index contributed by atoms with van der Waals surface area (Å²) in [5.74, 6) is 1.11. The zero-order valence-electron chi connectivity index (χ0n) is 9.76. The molecule has 0 radical (unpaired) electrons. The number of hydrogen-bond donors (Lipinski definition) is 2. The zero-order chi connectivity index (χ0) is 12.1. The van der Waals surface area contributed by atoms with E-state index >= 15 is 0 Å². The molecule has 4 heteroatoms. The van der Waals surface area contributed by atoms with Gasteiger partial charge in [-0.3, -0.25) is 0 Å². The Morgan fingerprint density at radius 3 is 2.82 bits per heavy atom. The van der Waals surface area contributed by atoms with Gasteiger partial charge in [-0.25, -0.2) is 0 Å². The molecule has 17 heavy (non-hydrogen) atoms. The summed E-state index contributed by atoms with van der Waals surface area (Å²) in [5.41, 5.74) is 0.912. The monoisotopic (exact) mass is 232 g/mol. The summed E-state index contributed by atoms with van der Waals surface area (Å²) >= 11 is 0. The van der Waals surface area contributed by atoms with Gasteiger partial charge in [-0.2, -0.15) is 0 Å². The molecule has 1 atom stereocenters. The van der Waals surface area contributed by atoms with Crippen LogP contribution in [0.15, 0.2) is 41.1 Å². The molecular formula is C13H16N2O2. The Balaban J connectivity index is 2.04. The molecule has 0 aliphatic heterocycles. The minimum Gasteiger partial charge on any atom is -0.508 e. The fourth-order valence-corrected chi connectivity index (χ4v) is 1.81. The van der Waals surface area contributed by atoms with Crippen molar-refractivity contribution in [2.24, 2.45) is 0 Å². The third-order valence-electron chi connectivity index (χ3n) is 2.73. The van der Waals surface area contributed by atoms with Gasteiger partial charge in [0, 0.05) is 17.7 Å². The average molecular weight is 232 g/mol. The second kappa shape index (κ2) is 5.50. The SMILES string of the molecule is CCC(NCc1ccno1)c1ccccc1O. The minimum absolute atomic E-state index is 0.112. The molecule has 0 saturated carbocycles. The van der Waals surface area contributed by atoms with E-state index in [9.17, 15) is 5.11 Å². The van der Waals surface area contributed by atoms with Gasteiger partial charge >= 0.3 is 0 Å². The normalized spacial score (nSPS) is 12.5. The number of hydrogen-bond acceptors (Lipinski definition) is 4. The van der Waals surface area contributed by atoms with E-state index < -0.39 is 0 Å². The van der Waals surface area contributed by atoms with E-state index in [2.05, 4.69) is 17.4 Å². The van der Waals surface area contributed by atoms with Crippen molar-refractivity contribution < 1.29 is 9.63 Å². The summed E-state index contributed by atoms with van der Waals surface area (Å²) in [7, 11) is 0. The van der Waals surface area contributed by atoms with Gasteiger partial charge in [0.1, 0.15) is 11.5 Å². The molecule has 0 amide bonds. The Hall–Kier alpha value is -1.81. The van der Waals surface area contributed by atoms with Crippen molar-refractivity contribution in [3.63, 3.8) is 0 Å². The standard InChI is InChI=1S/C13H16N2O2/c1-2-12(11-5-3-4-6-13(11)16)14-9-10-7-8-15-17-10/h3-8,12,14,16H,2,9H2,1H3. The lowest BCUT2D eigenvalue weighted by molar-refractivity contribution is 0.359. The Bertz CT molecular complexity index is 454. The van der Waals surface area contributed by atoms with Gasteiger partial charge < -0.3 is 14.9 Å². The van der Waals surface area contributed by atoms with Crippen molar-refractivity contribution in [1.82, 2.24) is 10.5 Å². The summed E-state index contributed by atoms with van der Waals surface area (Å²) in [6.07, 6.45) is 2.52. The van der Waals surface area contributed by atoms with Gasteiger partial charge in [0.15, 0.2) is 0 Å². The van der Waals surface area contributed by atoms with Crippen LogP contribution in [-0.2, 0) is 6.54 Å². The molecule has 90 valence electrons. The molecule has 4 nitrogen and oxygen atoms in total. The number of para-hydroxylation sites is 1. The van der Waals surface area contributed by atoms with Gasteiger partial charge in [-0.1, -0.05) is 30.3 Å². The van der Waals surface area contributed by atoms with E-state index in [1.165, 1.54) is 0 Å².